The Balaban J connectivity index is 1.15. The number of nitrogens with one attached hydrogen (secondary N) is 2. The number of carbonyl (C=O) groups is 3. The van der Waals surface area contributed by atoms with Crippen LogP contribution in [0.4, 0.5) is 0 Å². The van der Waals surface area contributed by atoms with E-state index in [-0.39, 0.29) is 57.3 Å². The summed E-state index contributed by atoms with van der Waals surface area (Å²) in [6, 6.07) is -0.554. The molecule has 0 bridgehead atoms. The summed E-state index contributed by atoms with van der Waals surface area (Å²) >= 11 is 0. The summed E-state index contributed by atoms with van der Waals surface area (Å²) < 4.78 is 0. The first-order valence-corrected chi connectivity index (χ1v) is 22.1. The first-order chi connectivity index (χ1) is 25.2. The zero-order chi connectivity index (χ0) is 39.9. The molecular formula is C46H78N2O6. The van der Waals surface area contributed by atoms with Gasteiger partial charge in [0.05, 0.1) is 30.1 Å². The Bertz CT molecular complexity index is 1380. The minimum absolute atomic E-state index is 0.0488. The smallest absolute Gasteiger partial charge is 0.306 e. The molecule has 5 N–H and O–H groups in total. The maximum absolute atomic E-state index is 14.5. The van der Waals surface area contributed by atoms with E-state index in [1.165, 1.54) is 31.3 Å². The molecule has 5 aliphatic carbocycles. The van der Waals surface area contributed by atoms with Gasteiger partial charge in [-0.2, -0.15) is 0 Å². The maximum Gasteiger partial charge on any atom is 0.306 e. The van der Waals surface area contributed by atoms with Crippen molar-refractivity contribution in [2.45, 2.75) is 189 Å². The molecule has 2 amide bonds. The summed E-state index contributed by atoms with van der Waals surface area (Å²) in [6.45, 7) is 23.9. The number of rotatable bonds is 16. The number of allylic oxidation sites excluding steroid dienone is 1. The summed E-state index contributed by atoms with van der Waals surface area (Å²) in [7, 11) is 0. The fourth-order valence-corrected chi connectivity index (χ4v) is 14.3. The van der Waals surface area contributed by atoms with Crippen LogP contribution in [-0.2, 0) is 14.4 Å². The minimum atomic E-state index is -1.10. The first kappa shape index (κ1) is 43.2. The Labute approximate surface area is 327 Å². The number of carbonyl (C=O) groups excluding carboxylic acids is 2. The number of hydrogen-bond acceptors (Lipinski definition) is 5. The van der Waals surface area contributed by atoms with Crippen molar-refractivity contribution in [3.63, 3.8) is 0 Å². The van der Waals surface area contributed by atoms with Crippen LogP contribution in [0.5, 0.6) is 0 Å². The molecule has 0 spiro atoms. The summed E-state index contributed by atoms with van der Waals surface area (Å²) in [5.74, 6) is 1.75. The normalized spacial score (nSPS) is 39.3. The van der Waals surface area contributed by atoms with Gasteiger partial charge in [0.2, 0.25) is 11.8 Å². The van der Waals surface area contributed by atoms with E-state index in [0.29, 0.717) is 49.0 Å². The number of carboxylic acid groups (broad SMARTS) is 1. The van der Waals surface area contributed by atoms with Gasteiger partial charge in [-0.3, -0.25) is 14.4 Å². The number of aliphatic hydroxyl groups is 2. The average molecular weight is 755 g/mol. The highest BCUT2D eigenvalue weighted by Crippen LogP contribution is 2.77. The molecule has 308 valence electrons. The molecule has 12 atom stereocenters. The molecule has 5 rings (SSSR count). The van der Waals surface area contributed by atoms with Crippen molar-refractivity contribution in [1.29, 1.82) is 0 Å². The van der Waals surface area contributed by atoms with Gasteiger partial charge in [0.15, 0.2) is 0 Å². The molecule has 0 saturated heterocycles. The minimum Gasteiger partial charge on any atom is -0.481 e. The molecule has 0 aromatic rings. The number of fused-ring (bicyclic) bond motifs is 7. The molecule has 0 aromatic heterocycles. The highest BCUT2D eigenvalue weighted by Gasteiger charge is 2.71. The second-order valence-corrected chi connectivity index (χ2v) is 21.0. The molecule has 0 aliphatic heterocycles. The molecule has 8 heteroatoms. The Kier molecular flexibility index (Phi) is 13.2. The topological polar surface area (TPSA) is 136 Å². The summed E-state index contributed by atoms with van der Waals surface area (Å²) in [5.41, 5.74) is 1.55. The fraction of sp³-hybridized carbons (Fsp3) is 0.891. The van der Waals surface area contributed by atoms with Gasteiger partial charge >= 0.3 is 5.97 Å². The average Bonchev–Trinajstić information content (AvgIpc) is 3.49. The van der Waals surface area contributed by atoms with E-state index in [1.54, 1.807) is 0 Å². The predicted octanol–water partition coefficient (Wildman–Crippen LogP) is 8.83. The van der Waals surface area contributed by atoms with Gasteiger partial charge in [-0.15, -0.1) is 0 Å². The first-order valence-electron chi connectivity index (χ1n) is 22.1. The van der Waals surface area contributed by atoms with Crippen molar-refractivity contribution >= 4 is 17.8 Å². The number of aliphatic hydroxyl groups excluding tert-OH is 2. The summed E-state index contributed by atoms with van der Waals surface area (Å²) in [4.78, 5) is 38.2. The predicted molar refractivity (Wildman–Crippen MR) is 215 cm³/mol. The molecule has 0 heterocycles. The fourth-order valence-electron chi connectivity index (χ4n) is 14.3. The third-order valence-corrected chi connectivity index (χ3v) is 17.3. The second kappa shape index (κ2) is 16.5. The number of unbranched alkanes of at least 4 members (excludes halogenated alkanes) is 4. The van der Waals surface area contributed by atoms with E-state index < -0.39 is 18.1 Å². The van der Waals surface area contributed by atoms with Crippen molar-refractivity contribution in [2.75, 3.05) is 6.54 Å². The largest absolute Gasteiger partial charge is 0.481 e. The second-order valence-electron chi connectivity index (χ2n) is 21.0. The van der Waals surface area contributed by atoms with Gasteiger partial charge in [-0.1, -0.05) is 79.9 Å². The Morgan fingerprint density at radius 3 is 2.17 bits per heavy atom. The lowest BCUT2D eigenvalue weighted by Gasteiger charge is -2.72. The van der Waals surface area contributed by atoms with Crippen LogP contribution in [0.3, 0.4) is 0 Å². The van der Waals surface area contributed by atoms with Gasteiger partial charge in [-0.05, 0) is 148 Å². The molecule has 8 nitrogen and oxygen atoms in total. The van der Waals surface area contributed by atoms with Crippen LogP contribution in [0.15, 0.2) is 12.2 Å². The maximum atomic E-state index is 14.5. The standard InChI is InChI=1S/C46H78N2O6/c1-29(2)27-33(34(49)28-39(52)53)48-38(51)15-13-11-10-12-14-26-47-41(54)46-23-18-31(30(3)4)40(46)32-16-17-36-43(7)21-20-37(50)42(5,6)35(43)19-22-45(36,9)44(32,8)24-25-46/h29,31-37,40,49-50H,3,10-28H2,1-2,4-9H3,(H,47,54)(H,48,51)(H,52,53)/t31-,32+,33-,34-,35-,36+,37-,40+,43-,44+,45+,46?/m0/s1. The lowest BCUT2D eigenvalue weighted by molar-refractivity contribution is -0.246. The highest BCUT2D eigenvalue weighted by molar-refractivity contribution is 5.84. The zero-order valence-electron chi connectivity index (χ0n) is 35.4. The zero-order valence-corrected chi connectivity index (χ0v) is 35.4. The Hall–Kier alpha value is -1.93. The third kappa shape index (κ3) is 7.83. The van der Waals surface area contributed by atoms with Gasteiger partial charge in [0.25, 0.3) is 0 Å². The lowest BCUT2D eigenvalue weighted by atomic mass is 9.32. The van der Waals surface area contributed by atoms with Gasteiger partial charge in [0.1, 0.15) is 0 Å². The molecule has 5 fully saturated rings. The van der Waals surface area contributed by atoms with Crippen LogP contribution >= 0.6 is 0 Å². The quantitative estimate of drug-likeness (QED) is 0.0790. The van der Waals surface area contributed by atoms with Crippen LogP contribution < -0.4 is 10.6 Å². The number of amides is 2. The van der Waals surface area contributed by atoms with Crippen LogP contribution in [-0.4, -0.2) is 57.9 Å². The Morgan fingerprint density at radius 1 is 0.815 bits per heavy atom. The van der Waals surface area contributed by atoms with Crippen molar-refractivity contribution in [1.82, 2.24) is 10.6 Å². The van der Waals surface area contributed by atoms with Crippen molar-refractivity contribution in [3.05, 3.63) is 12.2 Å². The SMILES string of the molecule is C=C(C)[C@@H]1CCC2(C(=O)NCCCCCCCC(=O)N[C@@H](CC(C)C)[C@@H](O)CC(=O)O)CC[C@]3(C)[C@H](CC[C@@H]4[C@@]5(C)CC[C@H](O)C(C)(C)[C@@H]5CC[C@]43C)[C@@H]12. The lowest BCUT2D eigenvalue weighted by Crippen LogP contribution is -2.67. The van der Waals surface area contributed by atoms with E-state index in [9.17, 15) is 24.6 Å². The molecule has 54 heavy (non-hydrogen) atoms. The van der Waals surface area contributed by atoms with Crippen LogP contribution in [0.2, 0.25) is 0 Å². The Morgan fingerprint density at radius 2 is 1.50 bits per heavy atom. The number of hydrogen-bond donors (Lipinski definition) is 5. The van der Waals surface area contributed by atoms with Crippen LogP contribution in [0, 0.1) is 62.6 Å². The van der Waals surface area contributed by atoms with Crippen LogP contribution in [0.1, 0.15) is 171 Å². The number of carboxylic acids is 1. The van der Waals surface area contributed by atoms with Crippen molar-refractivity contribution in [3.8, 4) is 0 Å². The van der Waals surface area contributed by atoms with Crippen LogP contribution in [0.25, 0.3) is 0 Å². The number of aliphatic carboxylic acids is 1. The molecular weight excluding hydrogens is 677 g/mol. The van der Waals surface area contributed by atoms with Crippen molar-refractivity contribution < 1.29 is 29.7 Å². The monoisotopic (exact) mass is 755 g/mol. The van der Waals surface area contributed by atoms with E-state index in [1.807, 2.05) is 13.8 Å². The van der Waals surface area contributed by atoms with E-state index >= 15 is 0 Å². The van der Waals surface area contributed by atoms with E-state index in [4.69, 9.17) is 5.11 Å². The van der Waals surface area contributed by atoms with Gasteiger partial charge < -0.3 is 26.0 Å². The summed E-state index contributed by atoms with van der Waals surface area (Å²) in [6.07, 6.45) is 14.8. The molecule has 0 radical (unpaired) electrons. The van der Waals surface area contributed by atoms with Crippen molar-refractivity contribution in [2.24, 2.45) is 62.6 Å². The third-order valence-electron chi connectivity index (χ3n) is 17.3. The molecule has 0 aromatic carbocycles. The van der Waals surface area contributed by atoms with Gasteiger partial charge in [-0.25, -0.2) is 0 Å². The molecule has 5 saturated carbocycles. The van der Waals surface area contributed by atoms with E-state index in [0.717, 1.165) is 70.6 Å². The van der Waals surface area contributed by atoms with Gasteiger partial charge in [0, 0.05) is 13.0 Å². The molecule has 1 unspecified atom stereocenters. The molecule has 5 aliphatic rings. The van der Waals surface area contributed by atoms with E-state index in [2.05, 4.69) is 58.8 Å². The summed E-state index contributed by atoms with van der Waals surface area (Å²) in [5, 5.41) is 36.8. The highest BCUT2D eigenvalue weighted by atomic mass is 16.4.